The second-order valence-electron chi connectivity index (χ2n) is 4.94. The maximum Gasteiger partial charge on any atom is 0.257 e. The number of oxazole rings is 1. The van der Waals surface area contributed by atoms with E-state index >= 15 is 0 Å². The van der Waals surface area contributed by atoms with Gasteiger partial charge in [-0.3, -0.25) is 0 Å². The van der Waals surface area contributed by atoms with Crippen molar-refractivity contribution in [3.63, 3.8) is 0 Å². The van der Waals surface area contributed by atoms with Crippen LogP contribution in [0.1, 0.15) is 38.5 Å². The van der Waals surface area contributed by atoms with Crippen molar-refractivity contribution in [1.29, 1.82) is 0 Å². The molecule has 1 saturated carbocycles. The van der Waals surface area contributed by atoms with Crippen molar-refractivity contribution in [1.82, 2.24) is 4.98 Å². The zero-order chi connectivity index (χ0) is 12.4. The molecule has 2 N–H and O–H groups in total. The third kappa shape index (κ3) is 2.64. The predicted octanol–water partition coefficient (Wildman–Crippen LogP) is 4.22. The first kappa shape index (κ1) is 11.9. The molecule has 1 aliphatic rings. The van der Waals surface area contributed by atoms with Crippen molar-refractivity contribution in [3.05, 3.63) is 18.2 Å². The molecule has 3 nitrogen and oxygen atoms in total. The molecule has 0 bridgehead atoms. The number of nitrogens with two attached hydrogens (primary N) is 1. The number of anilines is 1. The van der Waals surface area contributed by atoms with Crippen LogP contribution in [-0.4, -0.2) is 10.2 Å². The molecule has 18 heavy (non-hydrogen) atoms. The van der Waals surface area contributed by atoms with Gasteiger partial charge in [-0.1, -0.05) is 37.4 Å². The highest BCUT2D eigenvalue weighted by Gasteiger charge is 2.16. The minimum absolute atomic E-state index is 0.665. The average Bonchev–Trinajstić information content (AvgIpc) is 2.57. The van der Waals surface area contributed by atoms with Crippen LogP contribution in [0.3, 0.4) is 0 Å². The molecule has 3 rings (SSSR count). The van der Waals surface area contributed by atoms with E-state index in [1.165, 1.54) is 38.5 Å². The fourth-order valence-corrected chi connectivity index (χ4v) is 3.62. The second-order valence-corrected chi connectivity index (χ2v) is 6.19. The van der Waals surface area contributed by atoms with Crippen LogP contribution in [0, 0.1) is 0 Å². The van der Waals surface area contributed by atoms with E-state index in [0.717, 1.165) is 22.0 Å². The summed E-state index contributed by atoms with van der Waals surface area (Å²) in [5.41, 5.74) is 8.19. The van der Waals surface area contributed by atoms with Gasteiger partial charge in [0.05, 0.1) is 0 Å². The molecule has 0 saturated heterocycles. The van der Waals surface area contributed by atoms with Crippen molar-refractivity contribution in [3.8, 4) is 0 Å². The van der Waals surface area contributed by atoms with Crippen molar-refractivity contribution in [2.75, 3.05) is 5.73 Å². The first-order chi connectivity index (χ1) is 8.81. The lowest BCUT2D eigenvalue weighted by Crippen LogP contribution is -1.99. The quantitative estimate of drug-likeness (QED) is 0.650. The van der Waals surface area contributed by atoms with Crippen LogP contribution >= 0.6 is 11.8 Å². The molecule has 0 aliphatic heterocycles. The number of thioether (sulfide) groups is 1. The normalized spacial score (nSPS) is 18.0. The average molecular weight is 262 g/mol. The van der Waals surface area contributed by atoms with Gasteiger partial charge in [0.25, 0.3) is 5.22 Å². The molecule has 2 aromatic rings. The van der Waals surface area contributed by atoms with Gasteiger partial charge in [0.1, 0.15) is 5.52 Å². The van der Waals surface area contributed by atoms with Crippen molar-refractivity contribution in [2.24, 2.45) is 0 Å². The fourth-order valence-electron chi connectivity index (χ4n) is 2.48. The highest BCUT2D eigenvalue weighted by molar-refractivity contribution is 7.99. The van der Waals surface area contributed by atoms with Crippen LogP contribution in [-0.2, 0) is 0 Å². The summed E-state index contributed by atoms with van der Waals surface area (Å²) in [7, 11) is 0. The van der Waals surface area contributed by atoms with E-state index in [9.17, 15) is 0 Å². The maximum atomic E-state index is 5.76. The number of aromatic nitrogens is 1. The summed E-state index contributed by atoms with van der Waals surface area (Å²) < 4.78 is 5.76. The second kappa shape index (κ2) is 5.22. The van der Waals surface area contributed by atoms with Crippen molar-refractivity contribution < 1.29 is 4.42 Å². The molecule has 0 spiro atoms. The molecule has 1 aromatic carbocycles. The molecule has 0 radical (unpaired) electrons. The summed E-state index contributed by atoms with van der Waals surface area (Å²) in [6.07, 6.45) is 8.00. The molecule has 1 fully saturated rings. The summed E-state index contributed by atoms with van der Waals surface area (Å²) in [6.45, 7) is 0. The van der Waals surface area contributed by atoms with Gasteiger partial charge in [0, 0.05) is 10.9 Å². The number of nitrogens with zero attached hydrogens (tertiary/aromatic N) is 1. The van der Waals surface area contributed by atoms with Gasteiger partial charge in [0.15, 0.2) is 5.58 Å². The third-order valence-electron chi connectivity index (χ3n) is 3.46. The molecule has 0 unspecified atom stereocenters. The Kier molecular flexibility index (Phi) is 3.46. The Labute approximate surface area is 111 Å². The molecular formula is C14H18N2OS. The standard InChI is InChI=1S/C14H18N2OS/c15-10-7-8-13-12(9-10)16-14(17-13)18-11-5-3-1-2-4-6-11/h7-9,11H,1-6,15H2. The number of rotatable bonds is 2. The fraction of sp³-hybridized carbons (Fsp3) is 0.500. The molecule has 1 aromatic heterocycles. The van der Waals surface area contributed by atoms with Gasteiger partial charge in [0.2, 0.25) is 0 Å². The van der Waals surface area contributed by atoms with Crippen LogP contribution in [0.5, 0.6) is 0 Å². The zero-order valence-corrected chi connectivity index (χ0v) is 11.2. The minimum Gasteiger partial charge on any atom is -0.431 e. The SMILES string of the molecule is Nc1ccc2oc(SC3CCCCCC3)nc2c1. The zero-order valence-electron chi connectivity index (χ0n) is 10.4. The molecule has 0 atom stereocenters. The number of hydrogen-bond donors (Lipinski definition) is 1. The van der Waals surface area contributed by atoms with Crippen LogP contribution in [0.15, 0.2) is 27.8 Å². The van der Waals surface area contributed by atoms with E-state index in [1.807, 2.05) is 18.2 Å². The van der Waals surface area contributed by atoms with Crippen LogP contribution in [0.25, 0.3) is 11.1 Å². The number of benzene rings is 1. The minimum atomic E-state index is 0.665. The lowest BCUT2D eigenvalue weighted by molar-refractivity contribution is 0.487. The molecule has 1 heterocycles. The van der Waals surface area contributed by atoms with Crippen molar-refractivity contribution >= 4 is 28.5 Å². The van der Waals surface area contributed by atoms with E-state index in [0.29, 0.717) is 5.25 Å². The van der Waals surface area contributed by atoms with E-state index in [4.69, 9.17) is 10.2 Å². The third-order valence-corrected chi connectivity index (χ3v) is 4.64. The Hall–Kier alpha value is -1.16. The molecular weight excluding hydrogens is 244 g/mol. The Morgan fingerprint density at radius 2 is 1.94 bits per heavy atom. The topological polar surface area (TPSA) is 52.0 Å². The lowest BCUT2D eigenvalue weighted by atomic mass is 10.2. The summed E-state index contributed by atoms with van der Waals surface area (Å²) >= 11 is 1.79. The monoisotopic (exact) mass is 262 g/mol. The predicted molar refractivity (Wildman–Crippen MR) is 75.8 cm³/mol. The number of nitrogen functional groups attached to an aromatic ring is 1. The molecule has 4 heteroatoms. The van der Waals surface area contributed by atoms with Crippen molar-refractivity contribution in [2.45, 2.75) is 49.0 Å². The Balaban J connectivity index is 1.77. The number of fused-ring (bicyclic) bond motifs is 1. The van der Waals surface area contributed by atoms with Gasteiger partial charge in [-0.15, -0.1) is 0 Å². The van der Waals surface area contributed by atoms with E-state index < -0.39 is 0 Å². The van der Waals surface area contributed by atoms with E-state index in [2.05, 4.69) is 4.98 Å². The van der Waals surface area contributed by atoms with Gasteiger partial charge < -0.3 is 10.2 Å². The van der Waals surface area contributed by atoms with Gasteiger partial charge in [-0.25, -0.2) is 4.98 Å². The lowest BCUT2D eigenvalue weighted by Gasteiger charge is -2.09. The van der Waals surface area contributed by atoms with Crippen LogP contribution < -0.4 is 5.73 Å². The summed E-state index contributed by atoms with van der Waals surface area (Å²) in [4.78, 5) is 4.51. The maximum absolute atomic E-state index is 5.76. The summed E-state index contributed by atoms with van der Waals surface area (Å²) in [5, 5.41) is 1.46. The Morgan fingerprint density at radius 1 is 1.17 bits per heavy atom. The van der Waals surface area contributed by atoms with Gasteiger partial charge in [-0.05, 0) is 31.0 Å². The first-order valence-corrected chi connectivity index (χ1v) is 7.52. The van der Waals surface area contributed by atoms with E-state index in [-0.39, 0.29) is 0 Å². The number of hydrogen-bond acceptors (Lipinski definition) is 4. The van der Waals surface area contributed by atoms with Crippen LogP contribution in [0.2, 0.25) is 0 Å². The molecule has 1 aliphatic carbocycles. The highest BCUT2D eigenvalue weighted by atomic mass is 32.2. The largest absolute Gasteiger partial charge is 0.431 e. The molecule has 96 valence electrons. The van der Waals surface area contributed by atoms with Gasteiger partial charge in [-0.2, -0.15) is 0 Å². The highest BCUT2D eigenvalue weighted by Crippen LogP contribution is 2.34. The smallest absolute Gasteiger partial charge is 0.257 e. The first-order valence-electron chi connectivity index (χ1n) is 6.64. The Morgan fingerprint density at radius 3 is 2.72 bits per heavy atom. The van der Waals surface area contributed by atoms with E-state index in [1.54, 1.807) is 11.8 Å². The Bertz CT molecular complexity index is 530. The summed E-state index contributed by atoms with van der Waals surface area (Å²) in [6, 6.07) is 5.62. The van der Waals surface area contributed by atoms with Gasteiger partial charge >= 0.3 is 0 Å². The van der Waals surface area contributed by atoms with Crippen LogP contribution in [0.4, 0.5) is 5.69 Å². The molecule has 0 amide bonds. The summed E-state index contributed by atoms with van der Waals surface area (Å²) in [5.74, 6) is 0.